The van der Waals surface area contributed by atoms with E-state index in [0.717, 1.165) is 0 Å². The zero-order chi connectivity index (χ0) is 30.8. The Morgan fingerprint density at radius 1 is 0.216 bits per heavy atom. The van der Waals surface area contributed by atoms with Gasteiger partial charge < -0.3 is 0 Å². The van der Waals surface area contributed by atoms with Crippen LogP contribution < -0.4 is 0 Å². The summed E-state index contributed by atoms with van der Waals surface area (Å²) >= 11 is -3.92. The van der Waals surface area contributed by atoms with Crippen LogP contribution in [0.1, 0.15) is 166 Å². The summed E-state index contributed by atoms with van der Waals surface area (Å²) in [7, 11) is 0. The molecule has 0 aliphatic heterocycles. The van der Waals surface area contributed by atoms with Crippen LogP contribution in [0.2, 0.25) is 0 Å². The first-order valence-corrected chi connectivity index (χ1v) is 18.4. The summed E-state index contributed by atoms with van der Waals surface area (Å²) < 4.78 is 12.1. The van der Waals surface area contributed by atoms with Gasteiger partial charge in [0.05, 0.1) is 0 Å². The van der Waals surface area contributed by atoms with Crippen LogP contribution in [-0.4, -0.2) is 73.9 Å². The maximum atomic E-state index is 3.03. The molecule has 4 nitrogen and oxygen atoms in total. The van der Waals surface area contributed by atoms with E-state index in [1.165, 1.54) is 0 Å². The minimum atomic E-state index is -3.92. The van der Waals surface area contributed by atoms with Crippen LogP contribution in [0.15, 0.2) is 0 Å². The first-order valence-electron chi connectivity index (χ1n) is 14.7. The molecule has 0 atom stereocenters. The van der Waals surface area contributed by atoms with Gasteiger partial charge >= 0.3 is 240 Å². The van der Waals surface area contributed by atoms with Gasteiger partial charge in [0.2, 0.25) is 0 Å². The molecular weight excluding hydrogens is 513 g/mol. The molecule has 0 aromatic carbocycles. The molecule has 0 aliphatic carbocycles. The van der Waals surface area contributed by atoms with Crippen LogP contribution in [0.5, 0.6) is 0 Å². The summed E-state index contributed by atoms with van der Waals surface area (Å²) in [5.74, 6) is 0. The fraction of sp³-hybridized carbons (Fsp3) is 1.00. The van der Waals surface area contributed by atoms with E-state index in [1.807, 2.05) is 0 Å². The second-order valence-electron chi connectivity index (χ2n) is 19.3. The van der Waals surface area contributed by atoms with E-state index >= 15 is 0 Å². The second kappa shape index (κ2) is 10.3. The van der Waals surface area contributed by atoms with Gasteiger partial charge in [-0.1, -0.05) is 0 Å². The summed E-state index contributed by atoms with van der Waals surface area (Å²) in [5, 5.41) is 0. The van der Waals surface area contributed by atoms with Crippen LogP contribution in [0.4, 0.5) is 0 Å². The number of hydrogen-bond acceptors (Lipinski definition) is 4. The van der Waals surface area contributed by atoms with E-state index in [1.54, 1.807) is 0 Å². The summed E-state index contributed by atoms with van der Waals surface area (Å²) in [4.78, 5) is 0. The van der Waals surface area contributed by atoms with Crippen molar-refractivity contribution in [3.05, 3.63) is 0 Å². The quantitative estimate of drug-likeness (QED) is 0.305. The van der Waals surface area contributed by atoms with E-state index in [0.29, 0.717) is 0 Å². The van der Waals surface area contributed by atoms with Crippen molar-refractivity contribution < 1.29 is 0 Å². The van der Waals surface area contributed by atoms with Crippen molar-refractivity contribution in [1.29, 1.82) is 0 Å². The van der Waals surface area contributed by atoms with Crippen molar-refractivity contribution in [1.82, 2.24) is 15.4 Å². The molecule has 0 rings (SSSR count). The molecule has 0 N–H and O–H groups in total. The van der Waals surface area contributed by atoms with E-state index in [4.69, 9.17) is 0 Å². The van der Waals surface area contributed by atoms with E-state index in [9.17, 15) is 0 Å². The van der Waals surface area contributed by atoms with Crippen LogP contribution in [0, 0.1) is 0 Å². The van der Waals surface area contributed by atoms with Gasteiger partial charge in [-0.25, -0.2) is 0 Å². The van der Waals surface area contributed by atoms with Crippen LogP contribution in [0.25, 0.3) is 0 Å². The van der Waals surface area contributed by atoms with Crippen LogP contribution in [0.3, 0.4) is 0 Å². The van der Waals surface area contributed by atoms with Crippen molar-refractivity contribution >= 4 is 14.2 Å². The summed E-state index contributed by atoms with van der Waals surface area (Å²) in [6.07, 6.45) is 0. The Hall–Kier alpha value is 0.383. The van der Waals surface area contributed by atoms with E-state index in [2.05, 4.69) is 182 Å². The summed E-state index contributed by atoms with van der Waals surface area (Å²) in [6.45, 7) is 58.9. The van der Waals surface area contributed by atoms with Gasteiger partial charge in [0.25, 0.3) is 0 Å². The van der Waals surface area contributed by atoms with Crippen molar-refractivity contribution in [2.45, 2.75) is 210 Å². The monoisotopic (exact) mass is 586 g/mol. The number of rotatable bonds is 4. The molecule has 0 unspecified atom stereocenters. The normalized spacial score (nSPS) is 16.5. The van der Waals surface area contributed by atoms with E-state index < -0.39 is 14.2 Å². The van der Waals surface area contributed by atoms with Gasteiger partial charge in [-0.3, -0.25) is 0 Å². The first kappa shape index (κ1) is 37.4. The van der Waals surface area contributed by atoms with Crippen molar-refractivity contribution in [3.63, 3.8) is 0 Å². The van der Waals surface area contributed by atoms with E-state index in [-0.39, 0.29) is 44.3 Å². The van der Waals surface area contributed by atoms with Crippen molar-refractivity contribution in [3.8, 4) is 0 Å². The molecule has 0 bridgehead atoms. The van der Waals surface area contributed by atoms with Crippen molar-refractivity contribution in [2.24, 2.45) is 0 Å². The molecule has 0 amide bonds. The molecule has 0 fully saturated rings. The molecule has 0 aromatic heterocycles. The molecule has 5 heteroatoms. The molecule has 0 saturated carbocycles. The molecule has 0 saturated heterocycles. The Labute approximate surface area is 239 Å². The van der Waals surface area contributed by atoms with Gasteiger partial charge in [-0.15, -0.1) is 0 Å². The Morgan fingerprint density at radius 2 is 0.297 bits per heavy atom. The minimum absolute atomic E-state index is 0.0729. The van der Waals surface area contributed by atoms with Gasteiger partial charge in [0.15, 0.2) is 0 Å². The molecule has 0 radical (unpaired) electrons. The van der Waals surface area contributed by atoms with Gasteiger partial charge in [0.1, 0.15) is 0 Å². The predicted molar refractivity (Wildman–Crippen MR) is 171 cm³/mol. The number of hydrogen-bond donors (Lipinski definition) is 0. The third-order valence-corrected chi connectivity index (χ3v) is 22.9. The fourth-order valence-electron chi connectivity index (χ4n) is 8.22. The van der Waals surface area contributed by atoms with Gasteiger partial charge in [0, 0.05) is 0 Å². The predicted octanol–water partition coefficient (Wildman–Crippen LogP) is 9.02. The first-order chi connectivity index (χ1) is 15.5. The molecule has 0 aromatic rings. The Balaban J connectivity index is 9.26. The third kappa shape index (κ3) is 8.21. The van der Waals surface area contributed by atoms with Crippen LogP contribution >= 0.6 is 0 Å². The maximum absolute atomic E-state index is 3.92. The van der Waals surface area contributed by atoms with Crippen LogP contribution in [-0.2, 0) is 0 Å². The number of nitrogens with zero attached hydrogens (tertiary/aromatic N) is 4. The standard InChI is InChI=1S/C32H72GeN4/c1-25(2,3)34(26(4,5)6)33(35(27(7,8)9)28(10,11)12,36(29(13,14)15)30(16,17)18)37(31(19,20)21)32(22,23)24/h1-24H3. The third-order valence-electron chi connectivity index (χ3n) is 6.57. The van der Waals surface area contributed by atoms with Crippen molar-refractivity contribution in [2.75, 3.05) is 0 Å². The molecule has 0 heterocycles. The second-order valence-corrected chi connectivity index (χ2v) is 25.6. The SMILES string of the molecule is CC(C)(C)[N](C(C)(C)C)[Ge]([N](C(C)(C)C)C(C)(C)C)([N](C(C)(C)C)C(C)(C)C)[N](C(C)(C)C)C(C)(C)C. The van der Waals surface area contributed by atoms with Gasteiger partial charge in [-0.05, 0) is 0 Å². The fourth-order valence-corrected chi connectivity index (χ4v) is 25.8. The molecule has 37 heavy (non-hydrogen) atoms. The average molecular weight is 586 g/mol. The molecular formula is C32H72GeN4. The summed E-state index contributed by atoms with van der Waals surface area (Å²) in [5.41, 5.74) is -0.583. The van der Waals surface area contributed by atoms with Gasteiger partial charge in [-0.2, -0.15) is 0 Å². The Kier molecular flexibility index (Phi) is 10.4. The topological polar surface area (TPSA) is 13.0 Å². The molecule has 224 valence electrons. The molecule has 0 aliphatic rings. The summed E-state index contributed by atoms with van der Waals surface area (Å²) in [6, 6.07) is 0. The zero-order valence-corrected chi connectivity index (χ0v) is 32.4. The Bertz CT molecular complexity index is 555. The zero-order valence-electron chi connectivity index (χ0n) is 30.3. The average Bonchev–Trinajstić information content (AvgIpc) is 2.30. The molecule has 0 spiro atoms. The Morgan fingerprint density at radius 3 is 0.351 bits per heavy atom.